The van der Waals surface area contributed by atoms with Crippen molar-refractivity contribution in [2.75, 3.05) is 0 Å². The second-order valence-electron chi connectivity index (χ2n) is 6.53. The van der Waals surface area contributed by atoms with Crippen LogP contribution < -0.4 is 0 Å². The van der Waals surface area contributed by atoms with E-state index in [9.17, 15) is 4.39 Å². The zero-order valence-corrected chi connectivity index (χ0v) is 11.8. The fourth-order valence-electron chi connectivity index (χ4n) is 4.31. The van der Waals surface area contributed by atoms with E-state index in [1.807, 2.05) is 12.1 Å². The molecule has 0 N–H and O–H groups in total. The lowest BCUT2D eigenvalue weighted by Gasteiger charge is -2.36. The van der Waals surface area contributed by atoms with Crippen LogP contribution in [-0.2, 0) is 0 Å². The summed E-state index contributed by atoms with van der Waals surface area (Å²) in [5.74, 6) is 2.39. The molecule has 0 heterocycles. The van der Waals surface area contributed by atoms with Crippen LogP contribution in [0.1, 0.15) is 69.3 Å². The van der Waals surface area contributed by atoms with Gasteiger partial charge in [-0.1, -0.05) is 50.3 Å². The van der Waals surface area contributed by atoms with Crippen LogP contribution >= 0.6 is 0 Å². The van der Waals surface area contributed by atoms with Crippen molar-refractivity contribution in [3.63, 3.8) is 0 Å². The number of hydrogen-bond acceptors (Lipinski definition) is 0. The van der Waals surface area contributed by atoms with Crippen molar-refractivity contribution in [3.8, 4) is 0 Å². The van der Waals surface area contributed by atoms with Gasteiger partial charge in [-0.3, -0.25) is 0 Å². The van der Waals surface area contributed by atoms with Gasteiger partial charge in [0.05, 0.1) is 0 Å². The monoisotopic (exact) mass is 260 g/mol. The topological polar surface area (TPSA) is 0 Å². The van der Waals surface area contributed by atoms with E-state index in [2.05, 4.69) is 0 Å². The summed E-state index contributed by atoms with van der Waals surface area (Å²) in [5.41, 5.74) is 0.963. The Hall–Kier alpha value is -0.850. The molecule has 2 aliphatic carbocycles. The van der Waals surface area contributed by atoms with Gasteiger partial charge in [-0.05, 0) is 55.1 Å². The van der Waals surface area contributed by atoms with Crippen LogP contribution in [0.5, 0.6) is 0 Å². The molecule has 0 nitrogen and oxygen atoms in total. The molecule has 1 aromatic rings. The van der Waals surface area contributed by atoms with E-state index in [4.69, 9.17) is 0 Å². The fourth-order valence-corrected chi connectivity index (χ4v) is 4.31. The van der Waals surface area contributed by atoms with Gasteiger partial charge in [0.1, 0.15) is 5.82 Å². The first-order valence-corrected chi connectivity index (χ1v) is 8.09. The van der Waals surface area contributed by atoms with Crippen LogP contribution in [0.25, 0.3) is 0 Å². The average Bonchev–Trinajstić information content (AvgIpc) is 2.49. The lowest BCUT2D eigenvalue weighted by atomic mass is 9.70. The third-order valence-electron chi connectivity index (χ3n) is 5.43. The SMILES string of the molecule is Fc1ccccc1C1CCC(C2CCCCC2)CC1. The summed E-state index contributed by atoms with van der Waals surface area (Å²) in [6.07, 6.45) is 12.3. The normalized spacial score (nSPS) is 29.3. The fraction of sp³-hybridized carbons (Fsp3) is 0.667. The molecule has 0 radical (unpaired) electrons. The maximum absolute atomic E-state index is 13.8. The van der Waals surface area contributed by atoms with Crippen molar-refractivity contribution in [2.24, 2.45) is 11.8 Å². The predicted molar refractivity (Wildman–Crippen MR) is 77.7 cm³/mol. The molecule has 19 heavy (non-hydrogen) atoms. The van der Waals surface area contributed by atoms with Crippen LogP contribution in [0.3, 0.4) is 0 Å². The number of benzene rings is 1. The standard InChI is InChI=1S/C18H25F/c19-18-9-5-4-8-17(18)16-12-10-15(11-13-16)14-6-2-1-3-7-14/h4-5,8-9,14-16H,1-3,6-7,10-13H2. The van der Waals surface area contributed by atoms with Crippen molar-refractivity contribution in [1.29, 1.82) is 0 Å². The minimum Gasteiger partial charge on any atom is -0.207 e. The van der Waals surface area contributed by atoms with E-state index >= 15 is 0 Å². The number of hydrogen-bond donors (Lipinski definition) is 0. The van der Waals surface area contributed by atoms with E-state index in [1.54, 1.807) is 12.1 Å². The maximum Gasteiger partial charge on any atom is 0.126 e. The van der Waals surface area contributed by atoms with Crippen LogP contribution in [0, 0.1) is 17.7 Å². The summed E-state index contributed by atoms with van der Waals surface area (Å²) in [6.45, 7) is 0. The molecule has 2 fully saturated rings. The number of halogens is 1. The maximum atomic E-state index is 13.8. The minimum absolute atomic E-state index is 0.00335. The largest absolute Gasteiger partial charge is 0.207 e. The Labute approximate surface area is 116 Å². The van der Waals surface area contributed by atoms with E-state index in [1.165, 1.54) is 57.8 Å². The lowest BCUT2D eigenvalue weighted by molar-refractivity contribution is 0.185. The molecule has 0 atom stereocenters. The Morgan fingerprint density at radius 2 is 1.37 bits per heavy atom. The zero-order chi connectivity index (χ0) is 13.1. The zero-order valence-electron chi connectivity index (χ0n) is 11.8. The highest BCUT2D eigenvalue weighted by atomic mass is 19.1. The van der Waals surface area contributed by atoms with Crippen LogP contribution in [-0.4, -0.2) is 0 Å². The van der Waals surface area contributed by atoms with E-state index in [-0.39, 0.29) is 5.82 Å². The second kappa shape index (κ2) is 6.07. The number of rotatable bonds is 2. The summed E-state index contributed by atoms with van der Waals surface area (Å²) >= 11 is 0. The molecular weight excluding hydrogens is 235 g/mol. The molecule has 0 bridgehead atoms. The predicted octanol–water partition coefficient (Wildman–Crippen LogP) is 5.68. The van der Waals surface area contributed by atoms with Crippen molar-refractivity contribution >= 4 is 0 Å². The third-order valence-corrected chi connectivity index (χ3v) is 5.43. The first-order valence-electron chi connectivity index (χ1n) is 8.09. The summed E-state index contributed by atoms with van der Waals surface area (Å²) in [5, 5.41) is 0. The Kier molecular flexibility index (Phi) is 4.20. The molecule has 0 amide bonds. The minimum atomic E-state index is 0.00335. The van der Waals surface area contributed by atoms with Gasteiger partial charge in [-0.2, -0.15) is 0 Å². The van der Waals surface area contributed by atoms with E-state index < -0.39 is 0 Å². The van der Waals surface area contributed by atoms with Crippen molar-refractivity contribution in [3.05, 3.63) is 35.6 Å². The quantitative estimate of drug-likeness (QED) is 0.641. The summed E-state index contributed by atoms with van der Waals surface area (Å²) in [4.78, 5) is 0. The van der Waals surface area contributed by atoms with E-state index in [0.717, 1.165) is 17.4 Å². The Morgan fingerprint density at radius 1 is 0.737 bits per heavy atom. The third kappa shape index (κ3) is 3.01. The first kappa shape index (κ1) is 13.1. The van der Waals surface area contributed by atoms with Crippen molar-refractivity contribution < 1.29 is 4.39 Å². The molecule has 1 heteroatoms. The highest BCUT2D eigenvalue weighted by Gasteiger charge is 2.29. The van der Waals surface area contributed by atoms with Gasteiger partial charge in [-0.15, -0.1) is 0 Å². The van der Waals surface area contributed by atoms with Gasteiger partial charge in [0.25, 0.3) is 0 Å². The molecule has 0 aromatic heterocycles. The van der Waals surface area contributed by atoms with Gasteiger partial charge in [0, 0.05) is 0 Å². The van der Waals surface area contributed by atoms with Gasteiger partial charge >= 0.3 is 0 Å². The smallest absolute Gasteiger partial charge is 0.126 e. The molecule has 0 unspecified atom stereocenters. The molecule has 0 spiro atoms. The Balaban J connectivity index is 1.58. The lowest BCUT2D eigenvalue weighted by Crippen LogP contribution is -2.23. The van der Waals surface area contributed by atoms with Gasteiger partial charge in [0.2, 0.25) is 0 Å². The molecule has 1 aromatic carbocycles. The first-order chi connectivity index (χ1) is 9.34. The summed E-state index contributed by atoms with van der Waals surface area (Å²) in [6, 6.07) is 7.38. The van der Waals surface area contributed by atoms with E-state index in [0.29, 0.717) is 5.92 Å². The second-order valence-corrected chi connectivity index (χ2v) is 6.53. The van der Waals surface area contributed by atoms with Gasteiger partial charge < -0.3 is 0 Å². The van der Waals surface area contributed by atoms with Crippen LogP contribution in [0.4, 0.5) is 4.39 Å². The molecular formula is C18H25F. The molecule has 104 valence electrons. The average molecular weight is 260 g/mol. The Morgan fingerprint density at radius 3 is 2.05 bits per heavy atom. The van der Waals surface area contributed by atoms with Crippen LogP contribution in [0.2, 0.25) is 0 Å². The molecule has 2 aliphatic rings. The summed E-state index contributed by atoms with van der Waals surface area (Å²) in [7, 11) is 0. The molecule has 0 saturated heterocycles. The highest BCUT2D eigenvalue weighted by molar-refractivity contribution is 5.22. The molecule has 3 rings (SSSR count). The van der Waals surface area contributed by atoms with Gasteiger partial charge in [-0.25, -0.2) is 4.39 Å². The highest BCUT2D eigenvalue weighted by Crippen LogP contribution is 2.43. The summed E-state index contributed by atoms with van der Waals surface area (Å²) < 4.78 is 13.8. The van der Waals surface area contributed by atoms with Gasteiger partial charge in [0.15, 0.2) is 0 Å². The van der Waals surface area contributed by atoms with Crippen molar-refractivity contribution in [1.82, 2.24) is 0 Å². The van der Waals surface area contributed by atoms with Crippen LogP contribution in [0.15, 0.2) is 24.3 Å². The molecule has 0 aliphatic heterocycles. The molecule has 2 saturated carbocycles. The van der Waals surface area contributed by atoms with Crippen molar-refractivity contribution in [2.45, 2.75) is 63.7 Å². The Bertz CT molecular complexity index is 398.